The summed E-state index contributed by atoms with van der Waals surface area (Å²) in [5.74, 6) is -0.824. The van der Waals surface area contributed by atoms with E-state index in [9.17, 15) is 19.0 Å². The van der Waals surface area contributed by atoms with Crippen LogP contribution in [0.2, 0.25) is 0 Å². The van der Waals surface area contributed by atoms with Gasteiger partial charge in [-0.15, -0.1) is 0 Å². The lowest BCUT2D eigenvalue weighted by Gasteiger charge is -2.28. The Morgan fingerprint density at radius 2 is 0.519 bits per heavy atom. The summed E-state index contributed by atoms with van der Waals surface area (Å²) in [6.07, 6.45) is 125. The molecule has 0 aromatic rings. The second kappa shape index (κ2) is 82.4. The molecule has 0 fully saturated rings. The molecular formula is C94H160NO8P. The third kappa shape index (κ3) is 86.3. The lowest BCUT2D eigenvalue weighted by Crippen LogP contribution is -2.37. The molecule has 0 saturated carbocycles. The van der Waals surface area contributed by atoms with Gasteiger partial charge in [0, 0.05) is 12.8 Å². The predicted molar refractivity (Wildman–Crippen MR) is 452 cm³/mol. The Hall–Kier alpha value is -4.63. The van der Waals surface area contributed by atoms with Gasteiger partial charge in [0.05, 0.1) is 27.7 Å². The van der Waals surface area contributed by atoms with Gasteiger partial charge in [-0.1, -0.05) is 389 Å². The first kappa shape index (κ1) is 99.4. The van der Waals surface area contributed by atoms with Crippen molar-refractivity contribution < 1.29 is 42.1 Å². The molecule has 0 aliphatic rings. The highest BCUT2D eigenvalue weighted by Gasteiger charge is 2.22. The number of phosphoric ester groups is 1. The lowest BCUT2D eigenvalue weighted by molar-refractivity contribution is -0.870. The largest absolute Gasteiger partial charge is 0.756 e. The molecule has 0 spiro atoms. The molecule has 594 valence electrons. The van der Waals surface area contributed by atoms with Crippen LogP contribution < -0.4 is 4.89 Å². The van der Waals surface area contributed by atoms with Crippen LogP contribution in [0, 0.1) is 0 Å². The van der Waals surface area contributed by atoms with Crippen LogP contribution in [0.3, 0.4) is 0 Å². The topological polar surface area (TPSA) is 111 Å². The number of ether oxygens (including phenoxy) is 2. The third-order valence-corrected chi connectivity index (χ3v) is 19.2. The minimum Gasteiger partial charge on any atom is -0.756 e. The van der Waals surface area contributed by atoms with Gasteiger partial charge in [0.1, 0.15) is 19.8 Å². The molecule has 0 heterocycles. The van der Waals surface area contributed by atoms with Crippen molar-refractivity contribution in [2.75, 3.05) is 47.5 Å². The number of phosphoric acid groups is 1. The van der Waals surface area contributed by atoms with Crippen LogP contribution in [0.4, 0.5) is 0 Å². The van der Waals surface area contributed by atoms with E-state index in [-0.39, 0.29) is 32.0 Å². The summed E-state index contributed by atoms with van der Waals surface area (Å²) >= 11 is 0. The molecule has 0 aromatic heterocycles. The third-order valence-electron chi connectivity index (χ3n) is 18.2. The number of nitrogens with zero attached hydrogens (tertiary/aromatic N) is 1. The molecule has 0 saturated heterocycles. The second-order valence-corrected chi connectivity index (χ2v) is 30.8. The molecule has 2 unspecified atom stereocenters. The van der Waals surface area contributed by atoms with Gasteiger partial charge < -0.3 is 27.9 Å². The fourth-order valence-corrected chi connectivity index (χ4v) is 12.5. The maximum absolute atomic E-state index is 12.9. The Labute approximate surface area is 642 Å². The van der Waals surface area contributed by atoms with E-state index in [1.54, 1.807) is 0 Å². The van der Waals surface area contributed by atoms with Crippen LogP contribution in [0.15, 0.2) is 170 Å². The smallest absolute Gasteiger partial charge is 0.306 e. The van der Waals surface area contributed by atoms with Gasteiger partial charge in [0.25, 0.3) is 7.82 Å². The van der Waals surface area contributed by atoms with Gasteiger partial charge in [-0.3, -0.25) is 14.2 Å². The number of hydrogen-bond donors (Lipinski definition) is 0. The molecule has 0 N–H and O–H groups in total. The molecule has 0 aliphatic heterocycles. The first-order valence-electron chi connectivity index (χ1n) is 42.8. The number of likely N-dealkylation sites (N-methyl/N-ethyl adjacent to an activating group) is 1. The highest BCUT2D eigenvalue weighted by molar-refractivity contribution is 7.45. The van der Waals surface area contributed by atoms with E-state index in [1.807, 2.05) is 21.1 Å². The number of hydrogen-bond acceptors (Lipinski definition) is 8. The number of carbonyl (C=O) groups excluding carboxylic acids is 2. The zero-order valence-electron chi connectivity index (χ0n) is 67.9. The molecule has 104 heavy (non-hydrogen) atoms. The SMILES string of the molecule is CC/C=C\C/C=C\C/C=C\C/C=C\C/C=C\C/C=C\C/C=C\C/C=C\CCCCCCCCCCCCCCCCCCC(=O)OC(COC(=O)CCCCCCCCCCCCCCCCCCCCCC/C=C\C/C=C\C/C=C\C/C=C\C/C=C\C/C=C\CC)COP(=O)([O-])OCC[N+](C)(C)C. The van der Waals surface area contributed by atoms with Crippen molar-refractivity contribution >= 4 is 19.8 Å². The van der Waals surface area contributed by atoms with Gasteiger partial charge in [-0.2, -0.15) is 0 Å². The van der Waals surface area contributed by atoms with Crippen LogP contribution >= 0.6 is 7.82 Å². The molecule has 0 amide bonds. The average molecular weight is 1460 g/mol. The van der Waals surface area contributed by atoms with Gasteiger partial charge in [0.15, 0.2) is 6.10 Å². The van der Waals surface area contributed by atoms with Crippen molar-refractivity contribution in [1.82, 2.24) is 0 Å². The Morgan fingerprint density at radius 3 is 0.769 bits per heavy atom. The molecule has 2 atom stereocenters. The molecule has 0 aromatic carbocycles. The van der Waals surface area contributed by atoms with E-state index in [4.69, 9.17) is 18.5 Å². The zero-order valence-corrected chi connectivity index (χ0v) is 68.8. The molecule has 10 heteroatoms. The molecule has 0 aliphatic carbocycles. The molecule has 9 nitrogen and oxygen atoms in total. The van der Waals surface area contributed by atoms with Gasteiger partial charge in [0.2, 0.25) is 0 Å². The molecular weight excluding hydrogens is 1300 g/mol. The van der Waals surface area contributed by atoms with Crippen molar-refractivity contribution in [3.63, 3.8) is 0 Å². The summed E-state index contributed by atoms with van der Waals surface area (Å²) in [7, 11) is 1.17. The predicted octanol–water partition coefficient (Wildman–Crippen LogP) is 28.5. The quantitative estimate of drug-likeness (QED) is 0.0195. The summed E-state index contributed by atoms with van der Waals surface area (Å²) in [5.41, 5.74) is 0. The summed E-state index contributed by atoms with van der Waals surface area (Å²) < 4.78 is 34.5. The number of carbonyl (C=O) groups is 2. The van der Waals surface area contributed by atoms with Crippen LogP contribution in [0.1, 0.15) is 361 Å². The Morgan fingerprint density at radius 1 is 0.298 bits per heavy atom. The Bertz CT molecular complexity index is 2370. The normalized spacial score (nSPS) is 13.9. The first-order chi connectivity index (χ1) is 51.0. The number of quaternary nitrogens is 1. The van der Waals surface area contributed by atoms with Crippen molar-refractivity contribution in [2.45, 2.75) is 367 Å². The van der Waals surface area contributed by atoms with Gasteiger partial charge >= 0.3 is 11.9 Å². The zero-order chi connectivity index (χ0) is 75.4. The van der Waals surface area contributed by atoms with Gasteiger partial charge in [-0.05, 0) is 128 Å². The standard InChI is InChI=1S/C94H160NO8P/c1-6-8-10-12-14-16-18-20-22-24-26-28-30-32-34-36-38-40-42-44-46-47-49-51-53-55-57-59-61-63-65-67-69-71-73-75-77-79-81-83-85-87-94(97)103-92(91-102-104(98,99)101-89-88-95(3,4)5)90-100-93(96)86-84-82-80-78-76-74-72-70-68-66-64-62-60-58-56-54-52-50-48-45-43-41-39-37-35-33-31-29-27-25-23-21-19-17-15-13-11-9-7-2/h8-11,14-17,20-23,26-29,32-35,38-41,44,46,49,51,92H,6-7,12-13,18-19,24-25,30-31,36-37,42-43,45,47-48,50,52-91H2,1-5H3/b10-8-,11-9-,16-14-,17-15-,22-20-,23-21-,28-26-,29-27-,34-32-,35-33-,40-38-,41-39-,46-44-,51-49-. The summed E-state index contributed by atoms with van der Waals surface area (Å²) in [4.78, 5) is 38.3. The summed E-state index contributed by atoms with van der Waals surface area (Å²) in [6.45, 7) is 4.04. The van der Waals surface area contributed by atoms with E-state index in [2.05, 4.69) is 184 Å². The summed E-state index contributed by atoms with van der Waals surface area (Å²) in [6, 6.07) is 0. The van der Waals surface area contributed by atoms with E-state index < -0.39 is 26.5 Å². The monoisotopic (exact) mass is 1460 g/mol. The maximum atomic E-state index is 12.9. The van der Waals surface area contributed by atoms with Crippen LogP contribution in [-0.2, 0) is 32.7 Å². The number of allylic oxidation sites excluding steroid dienone is 28. The molecule has 0 rings (SSSR count). The number of rotatable bonds is 78. The minimum atomic E-state index is -4.65. The average Bonchev–Trinajstić information content (AvgIpc) is 0.920. The van der Waals surface area contributed by atoms with Crippen LogP contribution in [0.5, 0.6) is 0 Å². The van der Waals surface area contributed by atoms with Crippen LogP contribution in [-0.4, -0.2) is 70.0 Å². The van der Waals surface area contributed by atoms with E-state index in [0.29, 0.717) is 17.4 Å². The fourth-order valence-electron chi connectivity index (χ4n) is 11.8. The van der Waals surface area contributed by atoms with Gasteiger partial charge in [-0.25, -0.2) is 0 Å². The van der Waals surface area contributed by atoms with Crippen molar-refractivity contribution in [1.29, 1.82) is 0 Å². The fraction of sp³-hybridized carbons (Fsp3) is 0.681. The van der Waals surface area contributed by atoms with Crippen molar-refractivity contribution in [2.24, 2.45) is 0 Å². The Kier molecular flexibility index (Phi) is 78.8. The Balaban J connectivity index is 3.95. The highest BCUT2D eigenvalue weighted by atomic mass is 31.2. The lowest BCUT2D eigenvalue weighted by atomic mass is 10.0. The second-order valence-electron chi connectivity index (χ2n) is 29.4. The number of unbranched alkanes of at least 4 members (excludes halogenated alkanes) is 36. The molecule has 0 radical (unpaired) electrons. The summed E-state index contributed by atoms with van der Waals surface area (Å²) in [5, 5.41) is 0. The number of esters is 2. The van der Waals surface area contributed by atoms with E-state index in [1.165, 1.54) is 199 Å². The van der Waals surface area contributed by atoms with E-state index in [0.717, 1.165) is 128 Å². The van der Waals surface area contributed by atoms with Crippen LogP contribution in [0.25, 0.3) is 0 Å². The maximum Gasteiger partial charge on any atom is 0.306 e. The highest BCUT2D eigenvalue weighted by Crippen LogP contribution is 2.38. The minimum absolute atomic E-state index is 0.0346. The molecule has 0 bridgehead atoms. The van der Waals surface area contributed by atoms with Crippen molar-refractivity contribution in [3.8, 4) is 0 Å². The van der Waals surface area contributed by atoms with E-state index >= 15 is 0 Å². The first-order valence-corrected chi connectivity index (χ1v) is 44.3. The van der Waals surface area contributed by atoms with Crippen molar-refractivity contribution in [3.05, 3.63) is 170 Å².